The zero-order valence-electron chi connectivity index (χ0n) is 16.1. The van der Waals surface area contributed by atoms with Crippen molar-refractivity contribution in [1.29, 1.82) is 0 Å². The van der Waals surface area contributed by atoms with Gasteiger partial charge in [-0.25, -0.2) is 4.98 Å². The van der Waals surface area contributed by atoms with Gasteiger partial charge in [-0.15, -0.1) is 0 Å². The van der Waals surface area contributed by atoms with Crippen molar-refractivity contribution >= 4 is 16.9 Å². The van der Waals surface area contributed by atoms with E-state index in [-0.39, 0.29) is 11.9 Å². The zero-order chi connectivity index (χ0) is 18.5. The third-order valence-electron chi connectivity index (χ3n) is 5.36. The number of carbonyl (C=O) groups is 1. The van der Waals surface area contributed by atoms with Gasteiger partial charge in [0, 0.05) is 25.6 Å². The molecular weight excluding hydrogens is 328 g/mol. The molecule has 0 aliphatic carbocycles. The van der Waals surface area contributed by atoms with E-state index in [0.717, 1.165) is 55.0 Å². The molecule has 1 aromatic heterocycles. The lowest BCUT2D eigenvalue weighted by Gasteiger charge is -2.30. The van der Waals surface area contributed by atoms with E-state index in [1.54, 1.807) is 7.11 Å². The minimum Gasteiger partial charge on any atom is -0.497 e. The zero-order valence-corrected chi connectivity index (χ0v) is 16.1. The summed E-state index contributed by atoms with van der Waals surface area (Å²) >= 11 is 0. The highest BCUT2D eigenvalue weighted by Crippen LogP contribution is 2.20. The second kappa shape index (κ2) is 8.54. The van der Waals surface area contributed by atoms with Crippen LogP contribution >= 0.6 is 0 Å². The van der Waals surface area contributed by atoms with Gasteiger partial charge in [-0.3, -0.25) is 9.69 Å². The third-order valence-corrected chi connectivity index (χ3v) is 5.36. The first kappa shape index (κ1) is 18.7. The van der Waals surface area contributed by atoms with Crippen LogP contribution in [0.25, 0.3) is 11.0 Å². The maximum absolute atomic E-state index is 13.0. The molecule has 6 nitrogen and oxygen atoms in total. The summed E-state index contributed by atoms with van der Waals surface area (Å²) in [7, 11) is 3.74. The molecule has 1 N–H and O–H groups in total. The van der Waals surface area contributed by atoms with Gasteiger partial charge in [-0.1, -0.05) is 12.8 Å². The van der Waals surface area contributed by atoms with E-state index in [1.807, 2.05) is 23.1 Å². The van der Waals surface area contributed by atoms with Crippen LogP contribution in [0.4, 0.5) is 0 Å². The Morgan fingerprint density at radius 1 is 1.38 bits per heavy atom. The standard InChI is InChI=1S/C20H30N4O2/c1-4-24(20(25)18-8-6-5-7-12-23(18)2)13-11-19-21-16-10-9-15(26-3)14-17(16)22-19/h9-10,14,18H,4-8,11-13H2,1-3H3,(H,21,22)/t18-/m0/s1. The highest BCUT2D eigenvalue weighted by Gasteiger charge is 2.28. The van der Waals surface area contributed by atoms with E-state index in [9.17, 15) is 4.79 Å². The maximum Gasteiger partial charge on any atom is 0.239 e. The smallest absolute Gasteiger partial charge is 0.239 e. The van der Waals surface area contributed by atoms with E-state index < -0.39 is 0 Å². The second-order valence-corrected chi connectivity index (χ2v) is 7.08. The van der Waals surface area contributed by atoms with Crippen LogP contribution in [0, 0.1) is 0 Å². The molecule has 26 heavy (non-hydrogen) atoms. The second-order valence-electron chi connectivity index (χ2n) is 7.08. The predicted molar refractivity (Wildman–Crippen MR) is 103 cm³/mol. The highest BCUT2D eigenvalue weighted by atomic mass is 16.5. The molecule has 1 aliphatic heterocycles. The fourth-order valence-corrected chi connectivity index (χ4v) is 3.73. The summed E-state index contributed by atoms with van der Waals surface area (Å²) in [6.45, 7) is 4.49. The van der Waals surface area contributed by atoms with Crippen LogP contribution in [-0.4, -0.2) is 65.5 Å². The molecule has 1 aliphatic rings. The predicted octanol–water partition coefficient (Wildman–Crippen LogP) is 2.84. The number of imidazole rings is 1. The van der Waals surface area contributed by atoms with E-state index in [2.05, 4.69) is 28.8 Å². The number of rotatable bonds is 6. The number of amides is 1. The molecule has 1 fully saturated rings. The Morgan fingerprint density at radius 2 is 2.23 bits per heavy atom. The largest absolute Gasteiger partial charge is 0.497 e. The summed E-state index contributed by atoms with van der Waals surface area (Å²) in [4.78, 5) is 25.2. The summed E-state index contributed by atoms with van der Waals surface area (Å²) in [5.74, 6) is 1.98. The molecule has 0 bridgehead atoms. The fraction of sp³-hybridized carbons (Fsp3) is 0.600. The van der Waals surface area contributed by atoms with Crippen molar-refractivity contribution in [3.8, 4) is 5.75 Å². The number of aromatic nitrogens is 2. The Labute approximate surface area is 155 Å². The summed E-state index contributed by atoms with van der Waals surface area (Å²) in [6, 6.07) is 5.85. The number of benzene rings is 1. The molecule has 2 heterocycles. The number of ether oxygens (including phenoxy) is 1. The molecular formula is C20H30N4O2. The summed E-state index contributed by atoms with van der Waals surface area (Å²) in [5.41, 5.74) is 1.90. The average Bonchev–Trinajstić information content (AvgIpc) is 2.93. The van der Waals surface area contributed by atoms with Crippen molar-refractivity contribution in [2.45, 2.75) is 45.1 Å². The first-order valence-electron chi connectivity index (χ1n) is 9.64. The Morgan fingerprint density at radius 3 is 3.00 bits per heavy atom. The van der Waals surface area contributed by atoms with E-state index in [0.29, 0.717) is 6.54 Å². The van der Waals surface area contributed by atoms with Gasteiger partial charge in [0.1, 0.15) is 11.6 Å². The molecule has 6 heteroatoms. The number of carbonyl (C=O) groups excluding carboxylic acids is 1. The maximum atomic E-state index is 13.0. The van der Waals surface area contributed by atoms with Gasteiger partial charge < -0.3 is 14.6 Å². The quantitative estimate of drug-likeness (QED) is 0.863. The lowest BCUT2D eigenvalue weighted by atomic mass is 10.1. The molecule has 1 aromatic carbocycles. The minimum absolute atomic E-state index is 0.0254. The molecule has 0 spiro atoms. The van der Waals surface area contributed by atoms with E-state index in [4.69, 9.17) is 4.74 Å². The molecule has 1 amide bonds. The number of likely N-dealkylation sites (tertiary alicyclic amines) is 1. The molecule has 0 radical (unpaired) electrons. The molecule has 3 rings (SSSR count). The summed E-state index contributed by atoms with van der Waals surface area (Å²) in [5, 5.41) is 0. The first-order valence-corrected chi connectivity index (χ1v) is 9.64. The summed E-state index contributed by atoms with van der Waals surface area (Å²) < 4.78 is 5.26. The number of H-pyrrole nitrogens is 1. The van der Waals surface area contributed by atoms with Gasteiger partial charge >= 0.3 is 0 Å². The van der Waals surface area contributed by atoms with Crippen molar-refractivity contribution in [2.75, 3.05) is 33.8 Å². The van der Waals surface area contributed by atoms with Crippen LogP contribution in [0.2, 0.25) is 0 Å². The Bertz CT molecular complexity index is 742. The van der Waals surface area contributed by atoms with Gasteiger partial charge in [0.05, 0.1) is 24.2 Å². The number of hydrogen-bond acceptors (Lipinski definition) is 4. The molecule has 1 saturated heterocycles. The van der Waals surface area contributed by atoms with Crippen molar-refractivity contribution < 1.29 is 9.53 Å². The molecule has 0 unspecified atom stereocenters. The topological polar surface area (TPSA) is 61.5 Å². The number of nitrogens with one attached hydrogen (secondary N) is 1. The monoisotopic (exact) mass is 358 g/mol. The van der Waals surface area contributed by atoms with Crippen molar-refractivity contribution in [1.82, 2.24) is 19.8 Å². The molecule has 0 saturated carbocycles. The normalized spacial score (nSPS) is 18.7. The van der Waals surface area contributed by atoms with Gasteiger partial charge in [-0.2, -0.15) is 0 Å². The van der Waals surface area contributed by atoms with Crippen LogP contribution in [-0.2, 0) is 11.2 Å². The highest BCUT2D eigenvalue weighted by molar-refractivity contribution is 5.82. The average molecular weight is 358 g/mol. The van der Waals surface area contributed by atoms with Gasteiger partial charge in [-0.05, 0) is 45.5 Å². The number of fused-ring (bicyclic) bond motifs is 1. The lowest BCUT2D eigenvalue weighted by molar-refractivity contribution is -0.136. The first-order chi connectivity index (χ1) is 12.6. The summed E-state index contributed by atoms with van der Waals surface area (Å²) in [6.07, 6.45) is 5.25. The van der Waals surface area contributed by atoms with Gasteiger partial charge in [0.2, 0.25) is 5.91 Å². The van der Waals surface area contributed by atoms with Crippen molar-refractivity contribution in [3.05, 3.63) is 24.0 Å². The molecule has 2 aromatic rings. The van der Waals surface area contributed by atoms with Crippen molar-refractivity contribution in [3.63, 3.8) is 0 Å². The fourth-order valence-electron chi connectivity index (χ4n) is 3.73. The molecule has 142 valence electrons. The Hall–Kier alpha value is -2.08. The van der Waals surface area contributed by atoms with E-state index in [1.165, 1.54) is 12.8 Å². The van der Waals surface area contributed by atoms with Crippen LogP contribution in [0.3, 0.4) is 0 Å². The number of nitrogens with zero attached hydrogens (tertiary/aromatic N) is 3. The van der Waals surface area contributed by atoms with Crippen LogP contribution in [0.15, 0.2) is 18.2 Å². The minimum atomic E-state index is 0.0254. The Kier molecular flexibility index (Phi) is 6.14. The number of likely N-dealkylation sites (N-methyl/N-ethyl adjacent to an activating group) is 2. The SMILES string of the molecule is CCN(CCc1nc2ccc(OC)cc2[nH]1)C(=O)[C@@H]1CCCCCN1C. The van der Waals surface area contributed by atoms with Crippen molar-refractivity contribution in [2.24, 2.45) is 0 Å². The lowest BCUT2D eigenvalue weighted by Crippen LogP contribution is -2.47. The Balaban J connectivity index is 1.65. The van der Waals surface area contributed by atoms with Crippen LogP contribution < -0.4 is 4.74 Å². The molecule has 1 atom stereocenters. The van der Waals surface area contributed by atoms with Gasteiger partial charge in [0.15, 0.2) is 0 Å². The van der Waals surface area contributed by atoms with Crippen LogP contribution in [0.1, 0.15) is 38.4 Å². The van der Waals surface area contributed by atoms with E-state index >= 15 is 0 Å². The number of methoxy groups -OCH3 is 1. The third kappa shape index (κ3) is 4.18. The van der Waals surface area contributed by atoms with Gasteiger partial charge in [0.25, 0.3) is 0 Å². The number of hydrogen-bond donors (Lipinski definition) is 1. The van der Waals surface area contributed by atoms with Crippen LogP contribution in [0.5, 0.6) is 5.75 Å². The number of aromatic amines is 1.